The van der Waals surface area contributed by atoms with Crippen molar-refractivity contribution in [2.75, 3.05) is 13.6 Å². The first-order chi connectivity index (χ1) is 16.8. The summed E-state index contributed by atoms with van der Waals surface area (Å²) in [5, 5.41) is 43.6. The lowest BCUT2D eigenvalue weighted by Gasteiger charge is -2.58. The third-order valence-electron chi connectivity index (χ3n) is 7.93. The van der Waals surface area contributed by atoms with Crippen LogP contribution in [0.4, 0.5) is 0 Å². The topological polar surface area (TPSA) is 166 Å². The first kappa shape index (κ1) is 25.9. The van der Waals surface area contributed by atoms with Crippen molar-refractivity contribution in [2.45, 2.75) is 75.3 Å². The number of aliphatic hydroxyl groups is 2. The van der Waals surface area contributed by atoms with Crippen LogP contribution in [0.15, 0.2) is 24.0 Å². The summed E-state index contributed by atoms with van der Waals surface area (Å²) in [6.07, 6.45) is -0.910. The lowest BCUT2D eigenvalue weighted by atomic mass is 9.54. The number of aryl methyl sites for hydroxylation is 1. The molecule has 1 aliphatic carbocycles. The SMILES string of the molecule is Cc1ccc(O)c2c1[C@]13CCN(C)[C@H](C)[C@]1(O)CC=C(OC(=O)C[C@H](NC(=O)[C@H](C)O)C(=O)O)[C@@H]3O2. The summed E-state index contributed by atoms with van der Waals surface area (Å²) < 4.78 is 11.8. The predicted octanol–water partition coefficient (Wildman–Crippen LogP) is 0.326. The van der Waals surface area contributed by atoms with Gasteiger partial charge in [-0.2, -0.15) is 0 Å². The second-order valence-corrected chi connectivity index (χ2v) is 9.97. The molecular weight excluding hydrogens is 472 g/mol. The number of amides is 1. The molecule has 2 aliphatic heterocycles. The van der Waals surface area contributed by atoms with Gasteiger partial charge in [-0.25, -0.2) is 4.79 Å². The third kappa shape index (κ3) is 3.82. The van der Waals surface area contributed by atoms with E-state index >= 15 is 0 Å². The van der Waals surface area contributed by atoms with Gasteiger partial charge in [-0.05, 0) is 58.5 Å². The second kappa shape index (κ2) is 9.06. The fourth-order valence-corrected chi connectivity index (χ4v) is 5.84. The smallest absolute Gasteiger partial charge is 0.326 e. The molecule has 1 amide bonds. The Morgan fingerprint density at radius 2 is 2.03 bits per heavy atom. The number of carboxylic acids is 1. The molecule has 0 saturated carbocycles. The van der Waals surface area contributed by atoms with Gasteiger partial charge in [0.25, 0.3) is 0 Å². The van der Waals surface area contributed by atoms with Crippen molar-refractivity contribution in [2.24, 2.45) is 0 Å². The lowest BCUT2D eigenvalue weighted by Crippen LogP contribution is -2.71. The number of benzene rings is 1. The van der Waals surface area contributed by atoms with Gasteiger partial charge in [0, 0.05) is 18.0 Å². The lowest BCUT2D eigenvalue weighted by molar-refractivity contribution is -0.163. The third-order valence-corrected chi connectivity index (χ3v) is 7.93. The molecule has 11 heteroatoms. The molecule has 1 saturated heterocycles. The first-order valence-corrected chi connectivity index (χ1v) is 11.9. The molecule has 11 nitrogen and oxygen atoms in total. The minimum Gasteiger partial charge on any atom is -0.504 e. The van der Waals surface area contributed by atoms with Gasteiger partial charge in [0.05, 0.1) is 17.4 Å². The molecule has 4 rings (SSSR count). The van der Waals surface area contributed by atoms with Gasteiger partial charge in [0.1, 0.15) is 17.9 Å². The van der Waals surface area contributed by atoms with Crippen molar-refractivity contribution < 1.29 is 44.3 Å². The number of likely N-dealkylation sites (N-methyl/N-ethyl adjacent to an activating group) is 1. The number of esters is 1. The van der Waals surface area contributed by atoms with Crippen molar-refractivity contribution in [3.63, 3.8) is 0 Å². The van der Waals surface area contributed by atoms with Crippen molar-refractivity contribution in [3.05, 3.63) is 35.1 Å². The molecule has 1 fully saturated rings. The number of piperidine rings is 1. The summed E-state index contributed by atoms with van der Waals surface area (Å²) in [6.45, 7) is 5.58. The van der Waals surface area contributed by atoms with Crippen LogP contribution in [0.3, 0.4) is 0 Å². The Bertz CT molecular complexity index is 1130. The number of carbonyl (C=O) groups is 3. The van der Waals surface area contributed by atoms with Gasteiger partial charge < -0.3 is 40.1 Å². The summed E-state index contributed by atoms with van der Waals surface area (Å²) in [5.74, 6) is -3.07. The number of aromatic hydroxyl groups is 1. The average Bonchev–Trinajstić information content (AvgIpc) is 3.18. The van der Waals surface area contributed by atoms with Crippen LogP contribution in [0.2, 0.25) is 0 Å². The summed E-state index contributed by atoms with van der Waals surface area (Å²) in [5.41, 5.74) is -0.836. The number of hydrogen-bond donors (Lipinski definition) is 5. The van der Waals surface area contributed by atoms with Crippen LogP contribution in [-0.4, -0.2) is 86.7 Å². The summed E-state index contributed by atoms with van der Waals surface area (Å²) >= 11 is 0. The van der Waals surface area contributed by atoms with Crippen molar-refractivity contribution >= 4 is 17.8 Å². The summed E-state index contributed by atoms with van der Waals surface area (Å²) in [7, 11) is 1.92. The number of nitrogens with one attached hydrogen (secondary N) is 1. The fourth-order valence-electron chi connectivity index (χ4n) is 5.84. The Balaban J connectivity index is 1.68. The average molecular weight is 505 g/mol. The number of ether oxygens (including phenoxy) is 2. The molecule has 5 N–H and O–H groups in total. The number of fused-ring (bicyclic) bond motifs is 1. The van der Waals surface area contributed by atoms with Crippen molar-refractivity contribution in [3.8, 4) is 11.5 Å². The Hall–Kier alpha value is -3.15. The number of aliphatic carboxylic acids is 1. The monoisotopic (exact) mass is 504 g/mol. The van der Waals surface area contributed by atoms with E-state index in [1.165, 1.54) is 13.0 Å². The van der Waals surface area contributed by atoms with Crippen LogP contribution in [0, 0.1) is 6.92 Å². The number of nitrogens with zero attached hydrogens (tertiary/aromatic N) is 1. The molecule has 36 heavy (non-hydrogen) atoms. The second-order valence-electron chi connectivity index (χ2n) is 9.97. The van der Waals surface area contributed by atoms with E-state index in [1.807, 2.05) is 25.8 Å². The highest BCUT2D eigenvalue weighted by Gasteiger charge is 2.69. The van der Waals surface area contributed by atoms with Crippen LogP contribution in [0.5, 0.6) is 11.5 Å². The zero-order valence-electron chi connectivity index (χ0n) is 20.6. The molecule has 0 bridgehead atoms. The number of hydrogen-bond acceptors (Lipinski definition) is 9. The zero-order valence-corrected chi connectivity index (χ0v) is 20.6. The van der Waals surface area contributed by atoms with E-state index in [1.54, 1.807) is 12.1 Å². The van der Waals surface area contributed by atoms with Crippen LogP contribution in [0.25, 0.3) is 0 Å². The standard InChI is InChI=1S/C25H32N2O9/c1-12-5-6-16(29)20-19(12)24-9-10-27(4)14(3)25(24,34)8-7-17(21(24)36-20)35-18(30)11-15(23(32)33)26-22(31)13(2)28/h5-7,13-15,21,28-29,34H,8-11H2,1-4H3,(H,26,31)(H,32,33)/t13-,14+,15-,21-,24-,25+/m0/s1. The minimum absolute atomic E-state index is 0.0919. The van der Waals surface area contributed by atoms with Gasteiger partial charge in [-0.3, -0.25) is 9.59 Å². The van der Waals surface area contributed by atoms with E-state index in [4.69, 9.17) is 9.47 Å². The molecule has 2 heterocycles. The minimum atomic E-state index is -1.61. The quantitative estimate of drug-likeness (QED) is 0.341. The Morgan fingerprint density at radius 1 is 1.33 bits per heavy atom. The number of likely N-dealkylation sites (tertiary alicyclic amines) is 1. The number of aliphatic hydroxyl groups excluding tert-OH is 1. The molecule has 1 spiro atoms. The van der Waals surface area contributed by atoms with Crippen LogP contribution in [-0.2, 0) is 24.5 Å². The number of carbonyl (C=O) groups excluding carboxylic acids is 2. The van der Waals surface area contributed by atoms with Gasteiger partial charge in [0.15, 0.2) is 17.6 Å². The van der Waals surface area contributed by atoms with Gasteiger partial charge >= 0.3 is 11.9 Å². The zero-order chi connectivity index (χ0) is 26.6. The number of phenolic OH excluding ortho intramolecular Hbond substituents is 1. The van der Waals surface area contributed by atoms with E-state index < -0.39 is 53.5 Å². The molecule has 0 aromatic heterocycles. The van der Waals surface area contributed by atoms with Crippen LogP contribution >= 0.6 is 0 Å². The predicted molar refractivity (Wildman–Crippen MR) is 125 cm³/mol. The summed E-state index contributed by atoms with van der Waals surface area (Å²) in [4.78, 5) is 38.2. The van der Waals surface area contributed by atoms with E-state index in [-0.39, 0.29) is 29.7 Å². The molecule has 6 atom stereocenters. The van der Waals surface area contributed by atoms with Gasteiger partial charge in [-0.15, -0.1) is 0 Å². The van der Waals surface area contributed by atoms with Crippen molar-refractivity contribution in [1.29, 1.82) is 0 Å². The highest BCUT2D eigenvalue weighted by atomic mass is 16.6. The van der Waals surface area contributed by atoms with E-state index in [9.17, 15) is 34.8 Å². The van der Waals surface area contributed by atoms with Crippen molar-refractivity contribution in [1.82, 2.24) is 10.2 Å². The number of phenols is 1. The first-order valence-electron chi connectivity index (χ1n) is 11.9. The molecule has 0 unspecified atom stereocenters. The summed E-state index contributed by atoms with van der Waals surface area (Å²) in [6, 6.07) is 1.37. The molecule has 3 aliphatic rings. The van der Waals surface area contributed by atoms with E-state index in [2.05, 4.69) is 5.32 Å². The van der Waals surface area contributed by atoms with E-state index in [0.29, 0.717) is 18.5 Å². The number of carboxylic acid groups (broad SMARTS) is 1. The normalized spacial score (nSPS) is 30.6. The highest BCUT2D eigenvalue weighted by Crippen LogP contribution is 2.62. The van der Waals surface area contributed by atoms with Gasteiger partial charge in [-0.1, -0.05) is 6.07 Å². The maximum atomic E-state index is 12.8. The maximum absolute atomic E-state index is 12.8. The molecule has 1 aromatic rings. The molecule has 1 aromatic carbocycles. The highest BCUT2D eigenvalue weighted by molar-refractivity contribution is 5.88. The number of rotatable bonds is 6. The van der Waals surface area contributed by atoms with Gasteiger partial charge in [0.2, 0.25) is 5.91 Å². The van der Waals surface area contributed by atoms with Crippen LogP contribution < -0.4 is 10.1 Å². The Labute approximate surface area is 208 Å². The molecular formula is C25H32N2O9. The molecule has 196 valence electrons. The molecule has 0 radical (unpaired) electrons. The van der Waals surface area contributed by atoms with E-state index in [0.717, 1.165) is 5.56 Å². The largest absolute Gasteiger partial charge is 0.504 e. The Kier molecular flexibility index (Phi) is 6.52. The maximum Gasteiger partial charge on any atom is 0.326 e. The van der Waals surface area contributed by atoms with Crippen LogP contribution in [0.1, 0.15) is 44.2 Å². The Morgan fingerprint density at radius 3 is 2.67 bits per heavy atom. The fraction of sp³-hybridized carbons (Fsp3) is 0.560.